The second-order valence-corrected chi connectivity index (χ2v) is 30.8. The fraction of sp³-hybridized carbons (Fsp3) is 0.545. The van der Waals surface area contributed by atoms with Gasteiger partial charge in [-0.3, -0.25) is 0 Å². The van der Waals surface area contributed by atoms with Crippen LogP contribution in [0.4, 0.5) is 0 Å². The van der Waals surface area contributed by atoms with E-state index in [9.17, 15) is 4.57 Å². The van der Waals surface area contributed by atoms with E-state index in [-0.39, 0.29) is 22.3 Å². The number of rotatable bonds is 9. The SMILES string of the molecule is C=C1/C(=C\CCl)C[C@H](C)CC1O[Si](C)(C)C(C)(C)C.C=C1/C(=C\CP(=O)(c2ccccc2)c2ccccc2)C[C@H](C)CC1O[Si](C)(C)C(C)(C)C. The van der Waals surface area contributed by atoms with Crippen molar-refractivity contribution in [2.24, 2.45) is 11.8 Å². The van der Waals surface area contributed by atoms with Gasteiger partial charge in [-0.25, -0.2) is 0 Å². The maximum absolute atomic E-state index is 14.4. The Labute approximate surface area is 319 Å². The average Bonchev–Trinajstić information content (AvgIpc) is 3.04. The monoisotopic (exact) mass is 766 g/mol. The Morgan fingerprint density at radius 2 is 1.06 bits per heavy atom. The number of benzene rings is 2. The van der Waals surface area contributed by atoms with E-state index in [4.69, 9.17) is 20.5 Å². The molecule has 4 rings (SSSR count). The first-order valence-corrected chi connectivity index (χ1v) is 27.1. The Balaban J connectivity index is 0.000000316. The first kappa shape index (κ1) is 43.7. The molecule has 4 atom stereocenters. The zero-order chi connectivity index (χ0) is 38.4. The van der Waals surface area contributed by atoms with E-state index in [1.165, 1.54) is 11.1 Å². The van der Waals surface area contributed by atoms with Crippen LogP contribution in [-0.2, 0) is 13.4 Å². The normalized spacial score (nSPS) is 24.0. The molecule has 0 aromatic heterocycles. The van der Waals surface area contributed by atoms with Crippen molar-refractivity contribution in [3.8, 4) is 0 Å². The Morgan fingerprint density at radius 1 is 0.706 bits per heavy atom. The highest BCUT2D eigenvalue weighted by Gasteiger charge is 2.42. The largest absolute Gasteiger partial charge is 0.410 e. The molecule has 2 aliphatic carbocycles. The molecule has 0 radical (unpaired) electrons. The van der Waals surface area contributed by atoms with Crippen molar-refractivity contribution in [2.45, 2.75) is 130 Å². The molecule has 0 heterocycles. The summed E-state index contributed by atoms with van der Waals surface area (Å²) in [5, 5.41) is 2.22. The van der Waals surface area contributed by atoms with Gasteiger partial charge in [-0.05, 0) is 96.1 Å². The van der Waals surface area contributed by atoms with Gasteiger partial charge in [0.25, 0.3) is 0 Å². The van der Waals surface area contributed by atoms with Crippen LogP contribution in [0.1, 0.15) is 81.1 Å². The summed E-state index contributed by atoms with van der Waals surface area (Å²) in [4.78, 5) is 0. The highest BCUT2D eigenvalue weighted by atomic mass is 35.5. The molecule has 0 spiro atoms. The number of alkyl halides is 1. The van der Waals surface area contributed by atoms with E-state index in [1.807, 2.05) is 60.7 Å². The van der Waals surface area contributed by atoms with Crippen molar-refractivity contribution in [1.29, 1.82) is 0 Å². The molecule has 282 valence electrons. The molecule has 0 amide bonds. The van der Waals surface area contributed by atoms with Gasteiger partial charge in [0.1, 0.15) is 7.14 Å². The first-order valence-electron chi connectivity index (χ1n) is 18.9. The molecule has 3 nitrogen and oxygen atoms in total. The van der Waals surface area contributed by atoms with Crippen LogP contribution in [0.2, 0.25) is 36.3 Å². The molecule has 2 aromatic carbocycles. The Morgan fingerprint density at radius 3 is 1.39 bits per heavy atom. The van der Waals surface area contributed by atoms with Gasteiger partial charge in [-0.1, -0.05) is 141 Å². The molecule has 51 heavy (non-hydrogen) atoms. The highest BCUT2D eigenvalue weighted by molar-refractivity contribution is 7.78. The van der Waals surface area contributed by atoms with E-state index in [0.29, 0.717) is 23.9 Å². The molecular weight excluding hydrogens is 699 g/mol. The Kier molecular flexibility index (Phi) is 15.1. The van der Waals surface area contributed by atoms with Crippen LogP contribution < -0.4 is 10.6 Å². The third-order valence-corrected chi connectivity index (χ3v) is 23.8. The topological polar surface area (TPSA) is 35.5 Å². The smallest absolute Gasteiger partial charge is 0.192 e. The lowest BCUT2D eigenvalue weighted by molar-refractivity contribution is 0.174. The molecule has 2 unspecified atom stereocenters. The van der Waals surface area contributed by atoms with E-state index in [1.54, 1.807) is 0 Å². The summed E-state index contributed by atoms with van der Waals surface area (Å²) in [6, 6.07) is 19.8. The summed E-state index contributed by atoms with van der Waals surface area (Å²) in [6.45, 7) is 36.2. The van der Waals surface area contributed by atoms with Crippen molar-refractivity contribution in [3.63, 3.8) is 0 Å². The first-order chi connectivity index (χ1) is 23.5. The quantitative estimate of drug-likeness (QED) is 0.145. The molecule has 2 fully saturated rings. The number of allylic oxidation sites excluding steroid dienone is 2. The molecule has 2 saturated carbocycles. The summed E-state index contributed by atoms with van der Waals surface area (Å²) >= 11 is 5.85. The van der Waals surface area contributed by atoms with Crippen molar-refractivity contribution < 1.29 is 13.4 Å². The molecule has 2 aromatic rings. The minimum absolute atomic E-state index is 0.0544. The van der Waals surface area contributed by atoms with Crippen LogP contribution in [0.15, 0.2) is 108 Å². The van der Waals surface area contributed by atoms with Crippen LogP contribution in [0, 0.1) is 11.8 Å². The number of halogens is 1. The minimum Gasteiger partial charge on any atom is -0.410 e. The second kappa shape index (κ2) is 17.6. The third kappa shape index (κ3) is 11.4. The minimum atomic E-state index is -2.77. The lowest BCUT2D eigenvalue weighted by Gasteiger charge is -2.42. The van der Waals surface area contributed by atoms with Gasteiger partial charge in [0.15, 0.2) is 16.6 Å². The predicted molar refractivity (Wildman–Crippen MR) is 231 cm³/mol. The molecule has 0 saturated heterocycles. The Bertz CT molecular complexity index is 1540. The van der Waals surface area contributed by atoms with Gasteiger partial charge in [-0.2, -0.15) is 0 Å². The highest BCUT2D eigenvalue weighted by Crippen LogP contribution is 2.46. The van der Waals surface area contributed by atoms with E-state index >= 15 is 0 Å². The van der Waals surface area contributed by atoms with Crippen LogP contribution in [-0.4, -0.2) is 40.9 Å². The summed E-state index contributed by atoms with van der Waals surface area (Å²) < 4.78 is 27.7. The fourth-order valence-corrected chi connectivity index (χ4v) is 11.7. The Hall–Kier alpha value is -1.73. The maximum atomic E-state index is 14.4. The fourth-order valence-electron chi connectivity index (χ4n) is 6.37. The number of hydrogen-bond acceptors (Lipinski definition) is 3. The van der Waals surface area contributed by atoms with Crippen molar-refractivity contribution >= 4 is 46.0 Å². The lowest BCUT2D eigenvalue weighted by Crippen LogP contribution is -2.45. The number of hydrogen-bond donors (Lipinski definition) is 0. The van der Waals surface area contributed by atoms with E-state index < -0.39 is 23.8 Å². The zero-order valence-corrected chi connectivity index (χ0v) is 37.6. The van der Waals surface area contributed by atoms with Gasteiger partial charge in [-0.15, -0.1) is 11.6 Å². The molecule has 0 N–H and O–H groups in total. The van der Waals surface area contributed by atoms with Gasteiger partial charge in [0.05, 0.1) is 12.2 Å². The third-order valence-electron chi connectivity index (χ3n) is 11.7. The summed E-state index contributed by atoms with van der Waals surface area (Å²) in [6.07, 6.45) is 9.20. The molecule has 0 bridgehead atoms. The molecule has 2 aliphatic rings. The summed E-state index contributed by atoms with van der Waals surface area (Å²) in [7, 11) is -6.41. The van der Waals surface area contributed by atoms with Crippen LogP contribution in [0.5, 0.6) is 0 Å². The van der Waals surface area contributed by atoms with Gasteiger partial charge >= 0.3 is 0 Å². The van der Waals surface area contributed by atoms with Crippen molar-refractivity contribution in [1.82, 2.24) is 0 Å². The van der Waals surface area contributed by atoms with Crippen molar-refractivity contribution in [3.05, 3.63) is 108 Å². The molecule has 7 heteroatoms. The van der Waals surface area contributed by atoms with E-state index in [2.05, 4.69) is 107 Å². The maximum Gasteiger partial charge on any atom is 0.192 e. The van der Waals surface area contributed by atoms with Crippen LogP contribution >= 0.6 is 18.7 Å². The van der Waals surface area contributed by atoms with Crippen LogP contribution in [0.3, 0.4) is 0 Å². The molecule has 0 aliphatic heterocycles. The van der Waals surface area contributed by atoms with Gasteiger partial charge in [0.2, 0.25) is 0 Å². The molecular formula is C44H68ClO3PSi2. The summed E-state index contributed by atoms with van der Waals surface area (Å²) in [5.41, 5.74) is 4.76. The lowest BCUT2D eigenvalue weighted by atomic mass is 9.82. The van der Waals surface area contributed by atoms with Gasteiger partial charge in [0, 0.05) is 22.7 Å². The standard InChI is InChI=1S/C28H39O2PSi.C16H29ClOSi/c1-22-20-24(23(2)27(21-22)30-32(6,7)28(3,4)5)18-19-31(29,25-14-10-8-11-15-25)26-16-12-9-13-17-26;1-12-10-14(8-9-17)13(2)15(11-12)18-19(6,7)16(3,4)5/h8-18,22,27H,2,19-21H2,1,3-7H3;8,12,15H,2,9-11H2,1,3-7H3/b24-18-;14-8-/t22-,27?;12-,15?/m00/s1. The zero-order valence-electron chi connectivity index (χ0n) is 33.9. The second-order valence-electron chi connectivity index (χ2n) is 18.1. The predicted octanol–water partition coefficient (Wildman–Crippen LogP) is 12.8. The van der Waals surface area contributed by atoms with Crippen molar-refractivity contribution in [2.75, 3.05) is 12.0 Å². The van der Waals surface area contributed by atoms with Gasteiger partial charge < -0.3 is 13.4 Å². The van der Waals surface area contributed by atoms with E-state index in [0.717, 1.165) is 47.4 Å². The average molecular weight is 768 g/mol. The van der Waals surface area contributed by atoms with Crippen LogP contribution in [0.25, 0.3) is 0 Å². The summed E-state index contributed by atoms with van der Waals surface area (Å²) in [5.74, 6) is 1.73.